The van der Waals surface area contributed by atoms with Gasteiger partial charge in [0.05, 0.1) is 59.5 Å². The lowest BCUT2D eigenvalue weighted by Crippen LogP contribution is -2.40. The van der Waals surface area contributed by atoms with Gasteiger partial charge in [0.1, 0.15) is 0 Å². The molecule has 0 spiro atoms. The number of carbonyl (C=O) groups excluding carboxylic acids is 1. The van der Waals surface area contributed by atoms with Gasteiger partial charge in [-0.3, -0.25) is 4.79 Å². The average molecular weight is 619 g/mol. The first-order valence-corrected chi connectivity index (χ1v) is 14.9. The second kappa shape index (κ2) is 13.5. The summed E-state index contributed by atoms with van der Waals surface area (Å²) in [6, 6.07) is 11.3. The number of nitrogens with zero attached hydrogens (tertiary/aromatic N) is 7. The van der Waals surface area contributed by atoms with Crippen LogP contribution in [0.3, 0.4) is 0 Å². The molecule has 0 saturated carbocycles. The van der Waals surface area contributed by atoms with Crippen LogP contribution in [0, 0.1) is 0 Å². The number of anilines is 4. The first-order chi connectivity index (χ1) is 22.0. The molecule has 238 valence electrons. The Morgan fingerprint density at radius 2 is 1.38 bits per heavy atom. The van der Waals surface area contributed by atoms with Crippen LogP contribution in [0.4, 0.5) is 23.5 Å². The van der Waals surface area contributed by atoms with E-state index in [-0.39, 0.29) is 11.9 Å². The monoisotopic (exact) mass is 618 g/mol. The zero-order valence-electron chi connectivity index (χ0n) is 26.0. The first kappa shape index (κ1) is 30.3. The molecule has 1 amide bonds. The number of hydrazone groups is 1. The van der Waals surface area contributed by atoms with Crippen molar-refractivity contribution in [2.45, 2.75) is 19.4 Å². The van der Waals surface area contributed by atoms with Gasteiger partial charge < -0.3 is 38.8 Å². The van der Waals surface area contributed by atoms with Gasteiger partial charge in [0.25, 0.3) is 0 Å². The van der Waals surface area contributed by atoms with Crippen LogP contribution in [0.25, 0.3) is 0 Å². The lowest BCUT2D eigenvalue weighted by Gasteiger charge is -2.30. The van der Waals surface area contributed by atoms with Crippen LogP contribution in [0.1, 0.15) is 30.5 Å². The minimum atomic E-state index is -0.327. The topological polar surface area (TPSA) is 136 Å². The molecular formula is C31H38N8O6. The van der Waals surface area contributed by atoms with Crippen LogP contribution in [-0.2, 0) is 14.3 Å². The summed E-state index contributed by atoms with van der Waals surface area (Å²) in [4.78, 5) is 31.2. The summed E-state index contributed by atoms with van der Waals surface area (Å²) in [5.41, 5.74) is 3.34. The van der Waals surface area contributed by atoms with E-state index in [0.717, 1.165) is 48.7 Å². The predicted molar refractivity (Wildman–Crippen MR) is 168 cm³/mol. The Bertz CT molecular complexity index is 1480. The van der Waals surface area contributed by atoms with E-state index in [1.807, 2.05) is 36.4 Å². The van der Waals surface area contributed by atoms with E-state index in [4.69, 9.17) is 43.7 Å². The molecule has 3 aliphatic rings. The quantitative estimate of drug-likeness (QED) is 0.378. The van der Waals surface area contributed by atoms with Crippen molar-refractivity contribution in [1.29, 1.82) is 0 Å². The van der Waals surface area contributed by atoms with E-state index < -0.39 is 0 Å². The maximum atomic E-state index is 12.7. The van der Waals surface area contributed by atoms with E-state index in [0.29, 0.717) is 67.9 Å². The number of hydrogen-bond donors (Lipinski definition) is 1. The molecule has 6 rings (SSSR count). The van der Waals surface area contributed by atoms with Crippen LogP contribution in [0.15, 0.2) is 41.5 Å². The summed E-state index contributed by atoms with van der Waals surface area (Å²) >= 11 is 0. The Hall–Kier alpha value is -4.69. The van der Waals surface area contributed by atoms with Crippen molar-refractivity contribution in [3.05, 3.63) is 47.5 Å². The van der Waals surface area contributed by atoms with E-state index in [9.17, 15) is 4.79 Å². The first-order valence-electron chi connectivity index (χ1n) is 14.9. The Kier molecular flexibility index (Phi) is 9.12. The van der Waals surface area contributed by atoms with Gasteiger partial charge in [-0.2, -0.15) is 20.1 Å². The van der Waals surface area contributed by atoms with Gasteiger partial charge >= 0.3 is 0 Å². The van der Waals surface area contributed by atoms with Crippen molar-refractivity contribution in [1.82, 2.24) is 20.0 Å². The van der Waals surface area contributed by atoms with E-state index in [1.165, 1.54) is 11.9 Å². The molecule has 0 radical (unpaired) electrons. The summed E-state index contributed by atoms with van der Waals surface area (Å²) in [5.74, 6) is 3.07. The highest BCUT2D eigenvalue weighted by molar-refractivity contribution is 6.03. The molecule has 14 nitrogen and oxygen atoms in total. The van der Waals surface area contributed by atoms with Crippen molar-refractivity contribution in [3.8, 4) is 17.2 Å². The van der Waals surface area contributed by atoms with E-state index in [2.05, 4.69) is 15.1 Å². The molecule has 45 heavy (non-hydrogen) atoms. The highest BCUT2D eigenvalue weighted by atomic mass is 16.5. The third kappa shape index (κ3) is 6.56. The van der Waals surface area contributed by atoms with Gasteiger partial charge in [-0.1, -0.05) is 12.1 Å². The van der Waals surface area contributed by atoms with Crippen molar-refractivity contribution >= 4 is 35.2 Å². The molecule has 14 heteroatoms. The molecule has 4 heterocycles. The minimum absolute atomic E-state index is 0.163. The number of ether oxygens (including phenoxy) is 5. The van der Waals surface area contributed by atoms with Crippen LogP contribution in [-0.4, -0.2) is 106 Å². The minimum Gasteiger partial charge on any atom is -0.493 e. The number of morpholine rings is 2. The second-order valence-corrected chi connectivity index (χ2v) is 10.7. The molecule has 2 saturated heterocycles. The summed E-state index contributed by atoms with van der Waals surface area (Å²) in [7, 11) is 4.70. The molecule has 0 aliphatic carbocycles. The fourth-order valence-electron chi connectivity index (χ4n) is 5.62. The second-order valence-electron chi connectivity index (χ2n) is 10.7. The number of hydrogen-bond acceptors (Lipinski definition) is 13. The van der Waals surface area contributed by atoms with Crippen LogP contribution in [0.5, 0.6) is 17.2 Å². The van der Waals surface area contributed by atoms with Crippen LogP contribution in [0.2, 0.25) is 0 Å². The molecule has 2 aromatic carbocycles. The lowest BCUT2D eigenvalue weighted by atomic mass is 9.97. The SMILES string of the molecule is COc1cc(C2CC(c3ccc(Nc4nc(N5CCOCC5)nc(N5CCOCC5)n4)cc3)=NN2C(C)=O)cc(OC)c1OC. The van der Waals surface area contributed by atoms with Gasteiger partial charge in [-0.15, -0.1) is 0 Å². The van der Waals surface area contributed by atoms with E-state index >= 15 is 0 Å². The Morgan fingerprint density at radius 3 is 1.87 bits per heavy atom. The van der Waals surface area contributed by atoms with Crippen molar-refractivity contribution in [2.24, 2.45) is 5.10 Å². The standard InChI is InChI=1S/C31H38N8O6/c1-20(40)39-25(22-17-26(41-2)28(43-4)27(18-22)42-3)19-24(36-39)21-5-7-23(8-6-21)32-29-33-30(37-9-13-44-14-10-37)35-31(34-29)38-11-15-45-16-12-38/h5-8,17-18,25H,9-16,19H2,1-4H3,(H,32,33,34,35). The number of carbonyl (C=O) groups is 1. The van der Waals surface area contributed by atoms with Crippen LogP contribution < -0.4 is 29.3 Å². The van der Waals surface area contributed by atoms with Gasteiger partial charge in [0.15, 0.2) is 11.5 Å². The molecule has 3 aromatic rings. The van der Waals surface area contributed by atoms with Gasteiger partial charge in [0, 0.05) is 45.2 Å². The summed E-state index contributed by atoms with van der Waals surface area (Å²) in [6.07, 6.45) is 0.518. The third-order valence-electron chi connectivity index (χ3n) is 7.98. The van der Waals surface area contributed by atoms with Crippen molar-refractivity contribution < 1.29 is 28.5 Å². The molecule has 1 N–H and O–H groups in total. The number of amides is 1. The third-order valence-corrected chi connectivity index (χ3v) is 7.98. The number of aromatic nitrogens is 3. The summed E-state index contributed by atoms with van der Waals surface area (Å²) in [6.45, 7) is 6.92. The van der Waals surface area contributed by atoms with Gasteiger partial charge in [-0.25, -0.2) is 5.01 Å². The van der Waals surface area contributed by atoms with Crippen molar-refractivity contribution in [2.75, 3.05) is 89.1 Å². The van der Waals surface area contributed by atoms with E-state index in [1.54, 1.807) is 21.3 Å². The number of rotatable bonds is 9. The maximum absolute atomic E-state index is 12.7. The highest BCUT2D eigenvalue weighted by Gasteiger charge is 2.33. The smallest absolute Gasteiger partial charge is 0.240 e. The molecule has 1 unspecified atom stereocenters. The molecule has 3 aliphatic heterocycles. The predicted octanol–water partition coefficient (Wildman–Crippen LogP) is 3.01. The highest BCUT2D eigenvalue weighted by Crippen LogP contribution is 2.43. The Labute approximate surface area is 261 Å². The zero-order chi connectivity index (χ0) is 31.3. The number of methoxy groups -OCH3 is 3. The van der Waals surface area contributed by atoms with Crippen molar-refractivity contribution in [3.63, 3.8) is 0 Å². The fourth-order valence-corrected chi connectivity index (χ4v) is 5.62. The normalized spacial score (nSPS) is 18.4. The Morgan fingerprint density at radius 1 is 0.822 bits per heavy atom. The zero-order valence-corrected chi connectivity index (χ0v) is 26.0. The number of nitrogens with one attached hydrogen (secondary N) is 1. The lowest BCUT2D eigenvalue weighted by molar-refractivity contribution is -0.130. The fraction of sp³-hybridized carbons (Fsp3) is 0.452. The number of benzene rings is 2. The van der Waals surface area contributed by atoms with Crippen LogP contribution >= 0.6 is 0 Å². The van der Waals surface area contributed by atoms with Gasteiger partial charge in [-0.05, 0) is 35.4 Å². The molecule has 1 atom stereocenters. The Balaban J connectivity index is 1.23. The summed E-state index contributed by atoms with van der Waals surface area (Å²) in [5, 5.41) is 9.58. The largest absolute Gasteiger partial charge is 0.493 e. The molecule has 1 aromatic heterocycles. The average Bonchev–Trinajstić information content (AvgIpc) is 3.55. The molecule has 2 fully saturated rings. The molecule has 0 bridgehead atoms. The van der Waals surface area contributed by atoms with Gasteiger partial charge in [0.2, 0.25) is 29.5 Å². The summed E-state index contributed by atoms with van der Waals surface area (Å²) < 4.78 is 27.6. The maximum Gasteiger partial charge on any atom is 0.240 e. The molecular weight excluding hydrogens is 580 g/mol.